The Morgan fingerprint density at radius 1 is 1.15 bits per heavy atom. The third-order valence-corrected chi connectivity index (χ3v) is 4.55. The number of aromatic nitrogens is 1. The topological polar surface area (TPSA) is 38.4 Å². The normalized spacial score (nSPS) is 11.1. The van der Waals surface area contributed by atoms with Crippen LogP contribution in [-0.4, -0.2) is 21.9 Å². The average molecular weight is 371 g/mol. The highest BCUT2D eigenvalue weighted by atomic mass is 35.5. The molecule has 0 unspecified atom stereocenters. The van der Waals surface area contributed by atoms with E-state index in [1.54, 1.807) is 12.1 Å². The lowest BCUT2D eigenvalue weighted by Gasteiger charge is -2.24. The van der Waals surface area contributed by atoms with E-state index in [9.17, 15) is 4.79 Å². The van der Waals surface area contributed by atoms with Gasteiger partial charge in [0, 0.05) is 30.0 Å². The molecule has 5 heteroatoms. The highest BCUT2D eigenvalue weighted by Gasteiger charge is 2.20. The van der Waals surface area contributed by atoms with Gasteiger partial charge >= 0.3 is 0 Å². The van der Waals surface area contributed by atoms with Crippen molar-refractivity contribution in [1.29, 1.82) is 0 Å². The molecule has 0 radical (unpaired) electrons. The zero-order chi connectivity index (χ0) is 18.5. The maximum Gasteiger partial charge on any atom is 0.289 e. The minimum atomic E-state index is -0.0887. The Kier molecular flexibility index (Phi) is 5.84. The highest BCUT2D eigenvalue weighted by molar-refractivity contribution is 6.31. The minimum absolute atomic E-state index is 0.0887. The summed E-state index contributed by atoms with van der Waals surface area (Å²) in [5, 5.41) is 0.748. The van der Waals surface area contributed by atoms with Gasteiger partial charge in [-0.05, 0) is 41.8 Å². The van der Waals surface area contributed by atoms with Gasteiger partial charge in [0.25, 0.3) is 5.91 Å². The van der Waals surface area contributed by atoms with Crippen LogP contribution >= 0.6 is 11.6 Å². The molecular formula is C21H23ClN2O2. The lowest BCUT2D eigenvalue weighted by Crippen LogP contribution is -2.34. The number of hydrogen-bond donors (Lipinski definition) is 0. The summed E-state index contributed by atoms with van der Waals surface area (Å²) in [5.41, 5.74) is 2.12. The summed E-state index contributed by atoms with van der Waals surface area (Å²) >= 11 is 6.30. The van der Waals surface area contributed by atoms with Crippen molar-refractivity contribution in [2.75, 3.05) is 6.54 Å². The van der Waals surface area contributed by atoms with Gasteiger partial charge in [0.05, 0.1) is 12.8 Å². The fraction of sp³-hybridized carbons (Fsp3) is 0.286. The van der Waals surface area contributed by atoms with E-state index < -0.39 is 0 Å². The third-order valence-electron chi connectivity index (χ3n) is 4.18. The molecule has 136 valence electrons. The van der Waals surface area contributed by atoms with Gasteiger partial charge in [-0.2, -0.15) is 0 Å². The standard InChI is InChI=1S/C21H23ClN2O2/c1-16(2)13-24(21(25)20-10-6-12-26-20)15-18-8-5-11-23(18)14-17-7-3-4-9-19(17)22/h3-12,16H,13-15H2,1-2H3. The molecule has 0 aliphatic carbocycles. The van der Waals surface area contributed by atoms with Crippen LogP contribution in [0.2, 0.25) is 5.02 Å². The molecule has 26 heavy (non-hydrogen) atoms. The Hall–Kier alpha value is -2.46. The van der Waals surface area contributed by atoms with E-state index in [0.29, 0.717) is 31.3 Å². The number of rotatable bonds is 7. The number of carbonyl (C=O) groups is 1. The molecule has 0 aliphatic rings. The van der Waals surface area contributed by atoms with E-state index in [1.807, 2.05) is 47.5 Å². The molecule has 3 rings (SSSR count). The predicted octanol–water partition coefficient (Wildman–Crippen LogP) is 5.08. The molecule has 4 nitrogen and oxygen atoms in total. The molecule has 2 aromatic heterocycles. The van der Waals surface area contributed by atoms with Gasteiger partial charge in [0.15, 0.2) is 5.76 Å². The Morgan fingerprint density at radius 3 is 2.65 bits per heavy atom. The number of hydrogen-bond acceptors (Lipinski definition) is 2. The van der Waals surface area contributed by atoms with Crippen molar-refractivity contribution in [2.24, 2.45) is 5.92 Å². The minimum Gasteiger partial charge on any atom is -0.459 e. The second kappa shape index (κ2) is 8.28. The molecule has 0 fully saturated rings. The summed E-state index contributed by atoms with van der Waals surface area (Å²) in [4.78, 5) is 14.6. The van der Waals surface area contributed by atoms with Crippen LogP contribution < -0.4 is 0 Å². The molecule has 0 saturated carbocycles. The van der Waals surface area contributed by atoms with Crippen molar-refractivity contribution in [1.82, 2.24) is 9.47 Å². The van der Waals surface area contributed by atoms with Crippen molar-refractivity contribution in [3.8, 4) is 0 Å². The number of halogens is 1. The van der Waals surface area contributed by atoms with Gasteiger partial charge in [-0.1, -0.05) is 43.6 Å². The van der Waals surface area contributed by atoms with Crippen molar-refractivity contribution < 1.29 is 9.21 Å². The Bertz CT molecular complexity index is 853. The van der Waals surface area contributed by atoms with E-state index >= 15 is 0 Å². The number of carbonyl (C=O) groups excluding carboxylic acids is 1. The molecule has 0 N–H and O–H groups in total. The molecule has 0 spiro atoms. The van der Waals surface area contributed by atoms with Crippen molar-refractivity contribution in [3.63, 3.8) is 0 Å². The van der Waals surface area contributed by atoms with Gasteiger partial charge < -0.3 is 13.9 Å². The van der Waals surface area contributed by atoms with Gasteiger partial charge in [-0.25, -0.2) is 0 Å². The summed E-state index contributed by atoms with van der Waals surface area (Å²) in [6, 6.07) is 15.3. The maximum absolute atomic E-state index is 12.8. The van der Waals surface area contributed by atoms with Crippen LogP contribution in [-0.2, 0) is 13.1 Å². The summed E-state index contributed by atoms with van der Waals surface area (Å²) in [6.45, 7) is 6.06. The quantitative estimate of drug-likeness (QED) is 0.581. The van der Waals surface area contributed by atoms with Crippen molar-refractivity contribution in [2.45, 2.75) is 26.9 Å². The summed E-state index contributed by atoms with van der Waals surface area (Å²) in [7, 11) is 0. The highest BCUT2D eigenvalue weighted by Crippen LogP contribution is 2.19. The van der Waals surface area contributed by atoms with Crippen molar-refractivity contribution >= 4 is 17.5 Å². The van der Waals surface area contributed by atoms with Gasteiger partial charge in [0.2, 0.25) is 0 Å². The molecule has 3 aromatic rings. The van der Waals surface area contributed by atoms with Gasteiger partial charge in [-0.15, -0.1) is 0 Å². The Morgan fingerprint density at radius 2 is 1.96 bits per heavy atom. The lowest BCUT2D eigenvalue weighted by molar-refractivity contribution is 0.0686. The largest absolute Gasteiger partial charge is 0.459 e. The number of furan rings is 1. The number of benzene rings is 1. The number of nitrogens with zero attached hydrogens (tertiary/aromatic N) is 2. The van der Waals surface area contributed by atoms with Crippen LogP contribution in [0.25, 0.3) is 0 Å². The summed E-state index contributed by atoms with van der Waals surface area (Å²) in [6.07, 6.45) is 3.55. The third kappa shape index (κ3) is 4.38. The Balaban J connectivity index is 1.80. The molecule has 0 aliphatic heterocycles. The molecule has 0 atom stereocenters. The fourth-order valence-electron chi connectivity index (χ4n) is 2.97. The zero-order valence-electron chi connectivity index (χ0n) is 15.1. The average Bonchev–Trinajstić information content (AvgIpc) is 3.28. The van der Waals surface area contributed by atoms with Gasteiger partial charge in [-0.3, -0.25) is 4.79 Å². The van der Waals surface area contributed by atoms with Crippen LogP contribution in [0.5, 0.6) is 0 Å². The molecule has 0 bridgehead atoms. The second-order valence-electron chi connectivity index (χ2n) is 6.78. The molecule has 0 saturated heterocycles. The van der Waals surface area contributed by atoms with Crippen LogP contribution in [0, 0.1) is 5.92 Å². The summed E-state index contributed by atoms with van der Waals surface area (Å²) in [5.74, 6) is 0.643. The second-order valence-corrected chi connectivity index (χ2v) is 7.18. The van der Waals surface area contributed by atoms with E-state index in [1.165, 1.54) is 6.26 Å². The smallest absolute Gasteiger partial charge is 0.289 e. The molecule has 2 heterocycles. The van der Waals surface area contributed by atoms with Crippen LogP contribution in [0.3, 0.4) is 0 Å². The molecule has 1 amide bonds. The zero-order valence-corrected chi connectivity index (χ0v) is 15.8. The van der Waals surface area contributed by atoms with E-state index in [0.717, 1.165) is 16.3 Å². The number of amides is 1. The van der Waals surface area contributed by atoms with E-state index in [2.05, 4.69) is 18.4 Å². The van der Waals surface area contributed by atoms with Crippen LogP contribution in [0.1, 0.15) is 35.7 Å². The first-order valence-electron chi connectivity index (χ1n) is 8.75. The SMILES string of the molecule is CC(C)CN(Cc1cccn1Cc1ccccc1Cl)C(=O)c1ccco1. The Labute approximate surface area is 159 Å². The monoisotopic (exact) mass is 370 g/mol. The van der Waals surface area contributed by atoms with E-state index in [4.69, 9.17) is 16.0 Å². The first kappa shape index (κ1) is 18.3. The maximum atomic E-state index is 12.8. The van der Waals surface area contributed by atoms with E-state index in [-0.39, 0.29) is 5.91 Å². The van der Waals surface area contributed by atoms with Crippen molar-refractivity contribution in [3.05, 3.63) is 83.0 Å². The summed E-state index contributed by atoms with van der Waals surface area (Å²) < 4.78 is 7.43. The first-order valence-corrected chi connectivity index (χ1v) is 9.12. The van der Waals surface area contributed by atoms with Crippen LogP contribution in [0.15, 0.2) is 65.4 Å². The molecular weight excluding hydrogens is 348 g/mol. The molecule has 1 aromatic carbocycles. The predicted molar refractivity (Wildman–Crippen MR) is 103 cm³/mol. The first-order chi connectivity index (χ1) is 12.5. The van der Waals surface area contributed by atoms with Crippen LogP contribution in [0.4, 0.5) is 0 Å². The fourth-order valence-corrected chi connectivity index (χ4v) is 3.16. The van der Waals surface area contributed by atoms with Gasteiger partial charge in [0.1, 0.15) is 0 Å². The lowest BCUT2D eigenvalue weighted by atomic mass is 10.2.